The molecule has 37 heavy (non-hydrogen) atoms. The summed E-state index contributed by atoms with van der Waals surface area (Å²) in [5.74, 6) is -1.07. The number of nitrogens with one attached hydrogen (secondary N) is 1. The number of aryl methyl sites for hydroxylation is 1. The van der Waals surface area contributed by atoms with Gasteiger partial charge in [0.2, 0.25) is 11.8 Å². The van der Waals surface area contributed by atoms with Gasteiger partial charge in [0, 0.05) is 25.7 Å². The summed E-state index contributed by atoms with van der Waals surface area (Å²) in [6.45, 7) is 2.85. The molecule has 0 saturated heterocycles. The van der Waals surface area contributed by atoms with E-state index in [-0.39, 0.29) is 22.8 Å². The number of likely N-dealkylation sites (N-methyl/N-ethyl adjacent to an activating group) is 1. The molecule has 0 aliphatic heterocycles. The Morgan fingerprint density at radius 2 is 1.65 bits per heavy atom. The van der Waals surface area contributed by atoms with E-state index in [1.807, 2.05) is 31.2 Å². The van der Waals surface area contributed by atoms with Gasteiger partial charge in [-0.25, -0.2) is 8.42 Å². The monoisotopic (exact) mass is 524 g/mol. The maximum atomic E-state index is 13.7. The van der Waals surface area contributed by atoms with E-state index in [0.29, 0.717) is 0 Å². The van der Waals surface area contributed by atoms with Crippen molar-refractivity contribution in [2.75, 3.05) is 17.9 Å². The molecule has 0 saturated carbocycles. The van der Waals surface area contributed by atoms with Crippen LogP contribution in [-0.4, -0.2) is 49.7 Å². The number of anilines is 1. The number of nitro groups is 1. The Balaban J connectivity index is 2.06. The highest BCUT2D eigenvalue weighted by molar-refractivity contribution is 7.92. The number of rotatable bonds is 10. The summed E-state index contributed by atoms with van der Waals surface area (Å²) in [6, 6.07) is 19.0. The second kappa shape index (κ2) is 11.7. The Morgan fingerprint density at radius 1 is 1.00 bits per heavy atom. The van der Waals surface area contributed by atoms with Crippen molar-refractivity contribution in [3.8, 4) is 0 Å². The number of nitrogens with zero attached hydrogens (tertiary/aromatic N) is 3. The third-order valence-electron chi connectivity index (χ3n) is 5.83. The molecular formula is C26H28N4O6S. The van der Waals surface area contributed by atoms with Gasteiger partial charge in [0.25, 0.3) is 15.7 Å². The van der Waals surface area contributed by atoms with E-state index in [1.165, 1.54) is 54.4 Å². The predicted molar refractivity (Wildman–Crippen MR) is 139 cm³/mol. The standard InChI is InChI=1S/C26H28N4O6S/c1-19-12-14-21(15-13-19)17-28(20(2)26(32)27-3)25(31)18-29(22-8-7-9-23(16-22)30(33)34)37(35,36)24-10-5-4-6-11-24/h4-16,20H,17-18H2,1-3H3,(H,27,32). The van der Waals surface area contributed by atoms with Crippen LogP contribution in [0.1, 0.15) is 18.1 Å². The molecule has 11 heteroatoms. The highest BCUT2D eigenvalue weighted by Gasteiger charge is 2.32. The second-order valence-electron chi connectivity index (χ2n) is 8.40. The molecule has 0 fully saturated rings. The number of benzene rings is 3. The summed E-state index contributed by atoms with van der Waals surface area (Å²) in [6.07, 6.45) is 0. The molecule has 0 heterocycles. The summed E-state index contributed by atoms with van der Waals surface area (Å²) < 4.78 is 28.1. The van der Waals surface area contributed by atoms with Gasteiger partial charge in [0.15, 0.2) is 0 Å². The van der Waals surface area contributed by atoms with Crippen LogP contribution in [0.4, 0.5) is 11.4 Å². The molecule has 0 radical (unpaired) electrons. The molecule has 1 atom stereocenters. The molecule has 0 aromatic heterocycles. The van der Waals surface area contributed by atoms with Crippen LogP contribution in [0.5, 0.6) is 0 Å². The maximum absolute atomic E-state index is 13.7. The van der Waals surface area contributed by atoms with Crippen LogP contribution in [-0.2, 0) is 26.2 Å². The fourth-order valence-electron chi connectivity index (χ4n) is 3.69. The van der Waals surface area contributed by atoms with E-state index in [1.54, 1.807) is 13.0 Å². The van der Waals surface area contributed by atoms with Crippen molar-refractivity contribution >= 4 is 33.2 Å². The number of hydrogen-bond donors (Lipinski definition) is 1. The number of sulfonamides is 1. The van der Waals surface area contributed by atoms with Crippen LogP contribution in [0, 0.1) is 17.0 Å². The predicted octanol–water partition coefficient (Wildman–Crippen LogP) is 3.26. The van der Waals surface area contributed by atoms with Gasteiger partial charge in [-0.3, -0.25) is 24.0 Å². The molecule has 1 N–H and O–H groups in total. The molecule has 2 amide bonds. The molecule has 0 aliphatic rings. The number of non-ortho nitro benzene ring substituents is 1. The zero-order valence-corrected chi connectivity index (χ0v) is 21.5. The van der Waals surface area contributed by atoms with Crippen LogP contribution in [0.15, 0.2) is 83.8 Å². The van der Waals surface area contributed by atoms with Crippen molar-refractivity contribution in [3.63, 3.8) is 0 Å². The van der Waals surface area contributed by atoms with Crippen molar-refractivity contribution in [1.29, 1.82) is 0 Å². The largest absolute Gasteiger partial charge is 0.357 e. The van der Waals surface area contributed by atoms with Gasteiger partial charge < -0.3 is 10.2 Å². The van der Waals surface area contributed by atoms with E-state index >= 15 is 0 Å². The Bertz CT molecular complexity index is 1380. The first kappa shape index (κ1) is 27.3. The smallest absolute Gasteiger partial charge is 0.271 e. The van der Waals surface area contributed by atoms with Crippen molar-refractivity contribution in [2.45, 2.75) is 31.3 Å². The highest BCUT2D eigenvalue weighted by Crippen LogP contribution is 2.27. The van der Waals surface area contributed by atoms with Gasteiger partial charge in [-0.1, -0.05) is 54.1 Å². The molecule has 194 valence electrons. The van der Waals surface area contributed by atoms with E-state index in [2.05, 4.69) is 5.32 Å². The average Bonchev–Trinajstić information content (AvgIpc) is 2.90. The van der Waals surface area contributed by atoms with Gasteiger partial charge in [-0.15, -0.1) is 0 Å². The Labute approximate surface area is 215 Å². The minimum Gasteiger partial charge on any atom is -0.357 e. The van der Waals surface area contributed by atoms with Gasteiger partial charge in [-0.05, 0) is 37.6 Å². The first-order valence-corrected chi connectivity index (χ1v) is 12.9. The number of nitro benzene ring substituents is 1. The summed E-state index contributed by atoms with van der Waals surface area (Å²) in [7, 11) is -2.85. The molecular weight excluding hydrogens is 496 g/mol. The van der Waals surface area contributed by atoms with Crippen LogP contribution < -0.4 is 9.62 Å². The summed E-state index contributed by atoms with van der Waals surface area (Å²) in [5.41, 5.74) is 1.40. The summed E-state index contributed by atoms with van der Waals surface area (Å²) in [5, 5.41) is 13.9. The Kier molecular flexibility index (Phi) is 8.61. The van der Waals surface area contributed by atoms with E-state index in [4.69, 9.17) is 0 Å². The third kappa shape index (κ3) is 6.50. The molecule has 3 aromatic rings. The fraction of sp³-hybridized carbons (Fsp3) is 0.231. The summed E-state index contributed by atoms with van der Waals surface area (Å²) >= 11 is 0. The van der Waals surface area contributed by atoms with E-state index in [9.17, 15) is 28.1 Å². The van der Waals surface area contributed by atoms with Crippen molar-refractivity contribution < 1.29 is 22.9 Å². The van der Waals surface area contributed by atoms with Crippen LogP contribution in [0.2, 0.25) is 0 Å². The molecule has 10 nitrogen and oxygen atoms in total. The molecule has 3 rings (SSSR count). The topological polar surface area (TPSA) is 130 Å². The second-order valence-corrected chi connectivity index (χ2v) is 10.3. The van der Waals surface area contributed by atoms with Crippen LogP contribution >= 0.6 is 0 Å². The number of hydrogen-bond acceptors (Lipinski definition) is 6. The van der Waals surface area contributed by atoms with Crippen molar-refractivity contribution in [3.05, 3.63) is 100 Å². The SMILES string of the molecule is CNC(=O)C(C)N(Cc1ccc(C)cc1)C(=O)CN(c1cccc([N+](=O)[O-])c1)S(=O)(=O)c1ccccc1. The van der Waals surface area contributed by atoms with Crippen molar-refractivity contribution in [1.82, 2.24) is 10.2 Å². The van der Waals surface area contributed by atoms with Crippen molar-refractivity contribution in [2.24, 2.45) is 0 Å². The van der Waals surface area contributed by atoms with Gasteiger partial charge in [0.1, 0.15) is 12.6 Å². The summed E-state index contributed by atoms with van der Waals surface area (Å²) in [4.78, 5) is 38.1. The lowest BCUT2D eigenvalue weighted by Crippen LogP contribution is -2.50. The van der Waals surface area contributed by atoms with Crippen LogP contribution in [0.3, 0.4) is 0 Å². The van der Waals surface area contributed by atoms with Gasteiger partial charge in [0.05, 0.1) is 15.5 Å². The molecule has 1 unspecified atom stereocenters. The number of carbonyl (C=O) groups is 2. The quantitative estimate of drug-likeness (QED) is 0.320. The normalized spacial score (nSPS) is 11.9. The maximum Gasteiger partial charge on any atom is 0.271 e. The first-order valence-electron chi connectivity index (χ1n) is 11.4. The van der Waals surface area contributed by atoms with Gasteiger partial charge >= 0.3 is 0 Å². The van der Waals surface area contributed by atoms with Crippen LogP contribution in [0.25, 0.3) is 0 Å². The Hall–Kier alpha value is -4.25. The zero-order valence-electron chi connectivity index (χ0n) is 20.7. The zero-order chi connectivity index (χ0) is 27.2. The van der Waals surface area contributed by atoms with Gasteiger partial charge in [-0.2, -0.15) is 0 Å². The lowest BCUT2D eigenvalue weighted by atomic mass is 10.1. The Morgan fingerprint density at radius 3 is 2.24 bits per heavy atom. The molecule has 0 spiro atoms. The molecule has 0 bridgehead atoms. The minimum absolute atomic E-state index is 0.0470. The van der Waals surface area contributed by atoms with E-state index in [0.717, 1.165) is 21.5 Å². The minimum atomic E-state index is -4.29. The molecule has 0 aliphatic carbocycles. The van der Waals surface area contributed by atoms with E-state index < -0.39 is 39.3 Å². The average molecular weight is 525 g/mol. The lowest BCUT2D eigenvalue weighted by molar-refractivity contribution is -0.384. The number of carbonyl (C=O) groups excluding carboxylic acids is 2. The lowest BCUT2D eigenvalue weighted by Gasteiger charge is -2.31. The first-order chi connectivity index (χ1) is 17.5. The third-order valence-corrected chi connectivity index (χ3v) is 7.61. The fourth-order valence-corrected chi connectivity index (χ4v) is 5.12. The molecule has 3 aromatic carbocycles. The number of amides is 2. The highest BCUT2D eigenvalue weighted by atomic mass is 32.2.